The molecule has 0 amide bonds. The van der Waals surface area contributed by atoms with Crippen LogP contribution in [0.25, 0.3) is 6.08 Å². The molecular formula is C27H42N2O5S. The number of aliphatic hydroxyl groups excluding tert-OH is 2. The van der Waals surface area contributed by atoms with Crippen molar-refractivity contribution in [1.29, 1.82) is 0 Å². The highest BCUT2D eigenvalue weighted by atomic mass is 32.1. The van der Waals surface area contributed by atoms with Crippen LogP contribution in [-0.2, 0) is 14.3 Å². The Morgan fingerprint density at radius 1 is 1.26 bits per heavy atom. The number of aryl methyl sites for hydroxylation is 1. The molecule has 1 saturated heterocycles. The van der Waals surface area contributed by atoms with E-state index in [0.29, 0.717) is 6.42 Å². The van der Waals surface area contributed by atoms with Crippen LogP contribution in [-0.4, -0.2) is 56.2 Å². The van der Waals surface area contributed by atoms with Crippen LogP contribution in [0.5, 0.6) is 0 Å². The van der Waals surface area contributed by atoms with Gasteiger partial charge in [-0.3, -0.25) is 9.59 Å². The molecule has 8 atom stereocenters. The fourth-order valence-electron chi connectivity index (χ4n) is 5.33. The number of thiazole rings is 1. The summed E-state index contributed by atoms with van der Waals surface area (Å²) in [5.41, 5.74) is 6.34. The number of carbonyl (C=O) groups excluding carboxylic acids is 2. The molecule has 0 spiro atoms. The smallest absolute Gasteiger partial charge is 0.160 e. The largest absolute Gasteiger partial charge is 0.392 e. The summed E-state index contributed by atoms with van der Waals surface area (Å²) in [5.74, 6) is -1.47. The number of ketones is 2. The minimum Gasteiger partial charge on any atom is -0.392 e. The second kappa shape index (κ2) is 10.9. The summed E-state index contributed by atoms with van der Waals surface area (Å²) in [4.78, 5) is 30.7. The van der Waals surface area contributed by atoms with E-state index >= 15 is 0 Å². The Balaban J connectivity index is 1.85. The van der Waals surface area contributed by atoms with Crippen LogP contribution in [0.3, 0.4) is 0 Å². The van der Waals surface area contributed by atoms with Gasteiger partial charge in [0, 0.05) is 24.1 Å². The van der Waals surface area contributed by atoms with Crippen molar-refractivity contribution in [2.45, 2.75) is 110 Å². The van der Waals surface area contributed by atoms with Gasteiger partial charge in [-0.25, -0.2) is 4.98 Å². The van der Waals surface area contributed by atoms with Crippen molar-refractivity contribution >= 4 is 29.0 Å². The van der Waals surface area contributed by atoms with Crippen LogP contribution >= 0.6 is 11.3 Å². The van der Waals surface area contributed by atoms with Crippen LogP contribution in [0.15, 0.2) is 11.0 Å². The van der Waals surface area contributed by atoms with Gasteiger partial charge in [-0.05, 0) is 64.9 Å². The molecule has 1 aliphatic carbocycles. The lowest BCUT2D eigenvalue weighted by molar-refractivity contribution is -0.137. The molecule has 3 unspecified atom stereocenters. The summed E-state index contributed by atoms with van der Waals surface area (Å²) in [6.45, 7) is 11.1. The number of nitrogens with zero attached hydrogens (tertiary/aromatic N) is 1. The number of epoxide rings is 1. The molecule has 35 heavy (non-hydrogen) atoms. The number of aromatic nitrogens is 1. The van der Waals surface area contributed by atoms with Gasteiger partial charge in [0.25, 0.3) is 0 Å². The predicted molar refractivity (Wildman–Crippen MR) is 138 cm³/mol. The maximum Gasteiger partial charge on any atom is 0.160 e. The zero-order valence-corrected chi connectivity index (χ0v) is 22.7. The lowest BCUT2D eigenvalue weighted by atomic mass is 9.76. The first-order valence-corrected chi connectivity index (χ1v) is 13.6. The number of ether oxygens (including phenoxy) is 1. The molecule has 0 aromatic carbocycles. The average molecular weight is 507 g/mol. The Labute approximate surface area is 213 Å². The summed E-state index contributed by atoms with van der Waals surface area (Å²) in [7, 11) is 0. The minimum atomic E-state index is -1.62. The number of nitrogens with two attached hydrogens (primary N) is 1. The van der Waals surface area contributed by atoms with Crippen molar-refractivity contribution in [2.24, 2.45) is 23.5 Å². The maximum atomic E-state index is 13.1. The fourth-order valence-corrected chi connectivity index (χ4v) is 5.90. The third-order valence-electron chi connectivity index (χ3n) is 8.15. The van der Waals surface area contributed by atoms with Crippen molar-refractivity contribution in [3.8, 4) is 0 Å². The van der Waals surface area contributed by atoms with Crippen LogP contribution in [0.4, 0.5) is 0 Å². The van der Waals surface area contributed by atoms with E-state index in [-0.39, 0.29) is 42.2 Å². The molecular weight excluding hydrogens is 464 g/mol. The quantitative estimate of drug-likeness (QED) is 0.520. The predicted octanol–water partition coefficient (Wildman–Crippen LogP) is 3.83. The molecule has 0 bridgehead atoms. The number of Topliss-reactive ketones (excluding diaryl/α,β-unsaturated/α-hetero) is 2. The number of carbonyl (C=O) groups is 2. The molecule has 1 saturated carbocycles. The molecule has 3 rings (SSSR count). The third kappa shape index (κ3) is 6.66. The van der Waals surface area contributed by atoms with E-state index in [2.05, 4.69) is 11.9 Å². The second-order valence-electron chi connectivity index (χ2n) is 11.3. The number of hydrogen-bond acceptors (Lipinski definition) is 8. The van der Waals surface area contributed by atoms with Crippen molar-refractivity contribution in [2.75, 3.05) is 0 Å². The number of allylic oxidation sites excluding steroid dienone is 1. The molecule has 196 valence electrons. The van der Waals surface area contributed by atoms with Crippen molar-refractivity contribution in [1.82, 2.24) is 4.98 Å². The summed E-state index contributed by atoms with van der Waals surface area (Å²) in [6.07, 6.45) is 3.11. The molecule has 1 aliphatic heterocycles. The Morgan fingerprint density at radius 3 is 2.57 bits per heavy atom. The van der Waals surface area contributed by atoms with Crippen LogP contribution in [0, 0.1) is 24.7 Å². The van der Waals surface area contributed by atoms with Gasteiger partial charge in [-0.15, -0.1) is 11.3 Å². The van der Waals surface area contributed by atoms with Gasteiger partial charge < -0.3 is 20.7 Å². The Kier molecular flexibility index (Phi) is 8.75. The van der Waals surface area contributed by atoms with E-state index in [1.807, 2.05) is 32.2 Å². The fraction of sp³-hybridized carbons (Fsp3) is 0.741. The van der Waals surface area contributed by atoms with Crippen molar-refractivity contribution in [3.05, 3.63) is 21.7 Å². The van der Waals surface area contributed by atoms with Gasteiger partial charge in [0.2, 0.25) is 0 Å². The van der Waals surface area contributed by atoms with Crippen LogP contribution < -0.4 is 5.73 Å². The minimum absolute atomic E-state index is 0.0548. The highest BCUT2D eigenvalue weighted by molar-refractivity contribution is 7.09. The lowest BCUT2D eigenvalue weighted by Gasteiger charge is -2.34. The molecule has 0 radical (unpaired) electrons. The Bertz CT molecular complexity index is 957. The zero-order valence-electron chi connectivity index (χ0n) is 21.9. The molecule has 2 heterocycles. The van der Waals surface area contributed by atoms with E-state index in [0.717, 1.165) is 35.5 Å². The molecule has 4 N–H and O–H groups in total. The third-order valence-corrected chi connectivity index (χ3v) is 8.94. The lowest BCUT2D eigenvalue weighted by Crippen LogP contribution is -2.58. The summed E-state index contributed by atoms with van der Waals surface area (Å²) >= 11 is 1.58. The van der Waals surface area contributed by atoms with E-state index in [9.17, 15) is 19.8 Å². The first-order valence-electron chi connectivity index (χ1n) is 12.7. The number of hydrogen-bond donors (Lipinski definition) is 3. The van der Waals surface area contributed by atoms with Gasteiger partial charge in [0.05, 0.1) is 40.2 Å². The molecule has 8 heteroatoms. The first kappa shape index (κ1) is 28.1. The molecule has 2 fully saturated rings. The molecule has 2 aliphatic rings. The van der Waals surface area contributed by atoms with E-state index in [1.165, 1.54) is 6.92 Å². The zero-order chi connectivity index (χ0) is 26.1. The summed E-state index contributed by atoms with van der Waals surface area (Å²) in [6, 6.07) is 0. The van der Waals surface area contributed by atoms with Gasteiger partial charge in [0.15, 0.2) is 5.78 Å². The SMILES string of the molecule is C/C(=C\c1csc(C)n1)[C@H]1CC(=O)CC(O)C(C)(N)C(=O)[C@H](C)C(O)[C@@H](C)CCC[C@@]2(C)O[C@H]2C1. The average Bonchev–Trinajstić information content (AvgIpc) is 3.22. The van der Waals surface area contributed by atoms with Gasteiger partial charge in [-0.2, -0.15) is 0 Å². The van der Waals surface area contributed by atoms with E-state index < -0.39 is 29.4 Å². The molecule has 1 aromatic rings. The van der Waals surface area contributed by atoms with Gasteiger partial charge >= 0.3 is 0 Å². The van der Waals surface area contributed by atoms with Gasteiger partial charge in [0.1, 0.15) is 5.78 Å². The Morgan fingerprint density at radius 2 is 1.94 bits per heavy atom. The normalized spacial score (nSPS) is 40.4. The second-order valence-corrected chi connectivity index (χ2v) is 12.4. The van der Waals surface area contributed by atoms with E-state index in [4.69, 9.17) is 10.5 Å². The monoisotopic (exact) mass is 506 g/mol. The highest BCUT2D eigenvalue weighted by Gasteiger charge is 2.52. The topological polar surface area (TPSA) is 126 Å². The number of aliphatic hydroxyl groups is 2. The first-order chi connectivity index (χ1) is 16.2. The van der Waals surface area contributed by atoms with Crippen LogP contribution in [0.1, 0.15) is 83.8 Å². The van der Waals surface area contributed by atoms with Crippen molar-refractivity contribution < 1.29 is 24.5 Å². The van der Waals surface area contributed by atoms with Crippen molar-refractivity contribution in [3.63, 3.8) is 0 Å². The standard InChI is InChI=1S/C27H42N2O5S/c1-15-8-7-9-26(5)23(34-26)12-19(16(2)10-20-14-35-18(4)29-20)11-21(30)13-22(31)27(6,28)25(33)17(3)24(15)32/h10,14-15,17,19,22-24,31-32H,7-9,11-13,28H2,1-6H3/b16-10+/t15-,17+,19-,22?,23-,24?,26+,27?/m0/s1. The summed E-state index contributed by atoms with van der Waals surface area (Å²) < 4.78 is 6.12. The molecule has 1 aromatic heterocycles. The van der Waals surface area contributed by atoms with Crippen LogP contribution in [0.2, 0.25) is 0 Å². The summed E-state index contributed by atoms with van der Waals surface area (Å²) in [5, 5.41) is 24.6. The number of rotatable bonds is 2. The van der Waals surface area contributed by atoms with E-state index in [1.54, 1.807) is 18.3 Å². The Hall–Kier alpha value is -1.45. The highest BCUT2D eigenvalue weighted by Crippen LogP contribution is 2.46. The number of fused-ring (bicyclic) bond motifs is 1. The maximum absolute atomic E-state index is 13.1. The molecule has 7 nitrogen and oxygen atoms in total. The van der Waals surface area contributed by atoms with Gasteiger partial charge in [-0.1, -0.05) is 25.8 Å².